The Morgan fingerprint density at radius 2 is 2.37 bits per heavy atom. The highest BCUT2D eigenvalue weighted by Gasteiger charge is 2.49. The summed E-state index contributed by atoms with van der Waals surface area (Å²) in [6.45, 7) is 2.55. The Hall–Kier alpha value is -1.47. The molecular formula is C12H17N3O3S. The SMILES string of the molecule is CCC1(C(=O)O)CCCN1C(=O)c1csc(CN)n1. The second-order valence-corrected chi connectivity index (χ2v) is 5.52. The molecule has 1 aromatic rings. The number of carbonyl (C=O) groups excluding carboxylic acids is 1. The fourth-order valence-electron chi connectivity index (χ4n) is 2.56. The molecule has 3 N–H and O–H groups in total. The van der Waals surface area contributed by atoms with E-state index in [9.17, 15) is 14.7 Å². The van der Waals surface area contributed by atoms with Crippen molar-refractivity contribution < 1.29 is 14.7 Å². The second kappa shape index (κ2) is 5.26. The number of hydrogen-bond acceptors (Lipinski definition) is 5. The molecule has 0 radical (unpaired) electrons. The predicted molar refractivity (Wildman–Crippen MR) is 70.9 cm³/mol. The van der Waals surface area contributed by atoms with Gasteiger partial charge in [0, 0.05) is 18.5 Å². The minimum Gasteiger partial charge on any atom is -0.479 e. The molecule has 1 aliphatic heterocycles. The monoisotopic (exact) mass is 283 g/mol. The van der Waals surface area contributed by atoms with Gasteiger partial charge < -0.3 is 15.7 Å². The Kier molecular flexibility index (Phi) is 3.86. The molecule has 1 aromatic heterocycles. The molecule has 0 spiro atoms. The van der Waals surface area contributed by atoms with Gasteiger partial charge in [-0.3, -0.25) is 4.79 Å². The van der Waals surface area contributed by atoms with Crippen LogP contribution < -0.4 is 5.73 Å². The lowest BCUT2D eigenvalue weighted by atomic mass is 9.93. The lowest BCUT2D eigenvalue weighted by Gasteiger charge is -2.33. The summed E-state index contributed by atoms with van der Waals surface area (Å²) in [6.07, 6.45) is 1.61. The van der Waals surface area contributed by atoms with Gasteiger partial charge in [-0.25, -0.2) is 9.78 Å². The van der Waals surface area contributed by atoms with Gasteiger partial charge in [-0.1, -0.05) is 6.92 Å². The molecular weight excluding hydrogens is 266 g/mol. The van der Waals surface area contributed by atoms with Gasteiger partial charge in [0.15, 0.2) is 0 Å². The highest BCUT2D eigenvalue weighted by atomic mass is 32.1. The Morgan fingerprint density at radius 3 is 2.89 bits per heavy atom. The molecule has 0 aromatic carbocycles. The largest absolute Gasteiger partial charge is 0.479 e. The number of aromatic nitrogens is 1. The fraction of sp³-hybridized carbons (Fsp3) is 0.583. The molecule has 0 saturated carbocycles. The summed E-state index contributed by atoms with van der Waals surface area (Å²) >= 11 is 1.32. The van der Waals surface area contributed by atoms with Crippen LogP contribution in [-0.2, 0) is 11.3 Å². The lowest BCUT2D eigenvalue weighted by molar-refractivity contribution is -0.148. The van der Waals surface area contributed by atoms with E-state index < -0.39 is 11.5 Å². The van der Waals surface area contributed by atoms with Gasteiger partial charge in [0.05, 0.1) is 0 Å². The Balaban J connectivity index is 2.29. The van der Waals surface area contributed by atoms with Crippen LogP contribution in [0.2, 0.25) is 0 Å². The summed E-state index contributed by atoms with van der Waals surface area (Å²) in [7, 11) is 0. The smallest absolute Gasteiger partial charge is 0.329 e. The molecule has 19 heavy (non-hydrogen) atoms. The molecule has 6 nitrogen and oxygen atoms in total. The molecule has 1 fully saturated rings. The average Bonchev–Trinajstić information content (AvgIpc) is 3.04. The second-order valence-electron chi connectivity index (χ2n) is 4.58. The van der Waals surface area contributed by atoms with E-state index in [0.717, 1.165) is 0 Å². The first-order valence-corrected chi connectivity index (χ1v) is 7.13. The van der Waals surface area contributed by atoms with Gasteiger partial charge in [-0.15, -0.1) is 11.3 Å². The minimum atomic E-state index is -1.08. The van der Waals surface area contributed by atoms with Crippen LogP contribution in [0.4, 0.5) is 0 Å². The van der Waals surface area contributed by atoms with E-state index in [4.69, 9.17) is 5.73 Å². The number of carboxylic acid groups (broad SMARTS) is 1. The molecule has 7 heteroatoms. The molecule has 104 valence electrons. The molecule has 2 heterocycles. The molecule has 1 saturated heterocycles. The van der Waals surface area contributed by atoms with Crippen molar-refractivity contribution in [3.8, 4) is 0 Å². The predicted octanol–water partition coefficient (Wildman–Crippen LogP) is 1.07. The van der Waals surface area contributed by atoms with Crippen LogP contribution in [0.15, 0.2) is 5.38 Å². The van der Waals surface area contributed by atoms with Crippen molar-refractivity contribution in [2.45, 2.75) is 38.3 Å². The number of nitrogens with two attached hydrogens (primary N) is 1. The molecule has 1 atom stereocenters. The van der Waals surface area contributed by atoms with E-state index in [0.29, 0.717) is 36.5 Å². The van der Waals surface area contributed by atoms with Crippen molar-refractivity contribution in [3.05, 3.63) is 16.1 Å². The van der Waals surface area contributed by atoms with Gasteiger partial charge in [-0.05, 0) is 19.3 Å². The third-order valence-electron chi connectivity index (χ3n) is 3.66. The number of carbonyl (C=O) groups is 2. The van der Waals surface area contributed by atoms with E-state index in [1.165, 1.54) is 16.2 Å². The Labute approximate surface area is 115 Å². The van der Waals surface area contributed by atoms with Crippen LogP contribution in [0.5, 0.6) is 0 Å². The molecule has 0 bridgehead atoms. The number of carboxylic acids is 1. The topological polar surface area (TPSA) is 96.5 Å². The van der Waals surface area contributed by atoms with E-state index in [-0.39, 0.29) is 12.5 Å². The van der Waals surface area contributed by atoms with Gasteiger partial charge >= 0.3 is 5.97 Å². The van der Waals surface area contributed by atoms with Crippen molar-refractivity contribution in [1.29, 1.82) is 0 Å². The first-order chi connectivity index (χ1) is 9.05. The van der Waals surface area contributed by atoms with Crippen LogP contribution in [0, 0.1) is 0 Å². The third kappa shape index (κ3) is 2.23. The van der Waals surface area contributed by atoms with Crippen molar-refractivity contribution >= 4 is 23.2 Å². The number of hydrogen-bond donors (Lipinski definition) is 2. The van der Waals surface area contributed by atoms with Crippen molar-refractivity contribution in [2.24, 2.45) is 5.73 Å². The van der Waals surface area contributed by atoms with Gasteiger partial charge in [0.25, 0.3) is 5.91 Å². The summed E-state index contributed by atoms with van der Waals surface area (Å²) in [6, 6.07) is 0. The standard InChI is InChI=1S/C12H17N3O3S/c1-2-12(11(17)18)4-3-5-15(12)10(16)8-7-19-9(6-13)14-8/h7H,2-6,13H2,1H3,(H,17,18). The van der Waals surface area contributed by atoms with Crippen molar-refractivity contribution in [3.63, 3.8) is 0 Å². The van der Waals surface area contributed by atoms with Crippen LogP contribution in [0.25, 0.3) is 0 Å². The average molecular weight is 283 g/mol. The van der Waals surface area contributed by atoms with Crippen LogP contribution in [-0.4, -0.2) is 39.0 Å². The number of thiazole rings is 1. The first-order valence-electron chi connectivity index (χ1n) is 6.25. The van der Waals surface area contributed by atoms with Gasteiger partial charge in [-0.2, -0.15) is 0 Å². The van der Waals surface area contributed by atoms with Gasteiger partial charge in [0.2, 0.25) is 0 Å². The maximum absolute atomic E-state index is 12.4. The van der Waals surface area contributed by atoms with Crippen LogP contribution >= 0.6 is 11.3 Å². The number of nitrogens with zero attached hydrogens (tertiary/aromatic N) is 2. The molecule has 2 rings (SSSR count). The summed E-state index contributed by atoms with van der Waals surface area (Å²) < 4.78 is 0. The fourth-order valence-corrected chi connectivity index (χ4v) is 3.21. The van der Waals surface area contributed by atoms with E-state index >= 15 is 0 Å². The zero-order valence-electron chi connectivity index (χ0n) is 10.8. The summed E-state index contributed by atoms with van der Waals surface area (Å²) in [5.41, 5.74) is 4.69. The van der Waals surface area contributed by atoms with E-state index in [1.54, 1.807) is 12.3 Å². The number of aliphatic carboxylic acids is 1. The Morgan fingerprint density at radius 1 is 1.63 bits per heavy atom. The quantitative estimate of drug-likeness (QED) is 0.861. The lowest BCUT2D eigenvalue weighted by Crippen LogP contribution is -2.52. The Bertz CT molecular complexity index is 502. The van der Waals surface area contributed by atoms with Crippen LogP contribution in [0.1, 0.15) is 41.7 Å². The van der Waals surface area contributed by atoms with E-state index in [1.807, 2.05) is 0 Å². The van der Waals surface area contributed by atoms with Crippen molar-refractivity contribution in [1.82, 2.24) is 9.88 Å². The van der Waals surface area contributed by atoms with E-state index in [2.05, 4.69) is 4.98 Å². The van der Waals surface area contributed by atoms with Gasteiger partial charge in [0.1, 0.15) is 16.2 Å². The maximum atomic E-state index is 12.4. The highest BCUT2D eigenvalue weighted by molar-refractivity contribution is 7.09. The molecule has 1 unspecified atom stereocenters. The molecule has 1 amide bonds. The normalized spacial score (nSPS) is 22.7. The van der Waals surface area contributed by atoms with Crippen molar-refractivity contribution in [2.75, 3.05) is 6.54 Å². The highest BCUT2D eigenvalue weighted by Crippen LogP contribution is 2.34. The summed E-state index contributed by atoms with van der Waals surface area (Å²) in [5.74, 6) is -1.24. The number of amides is 1. The first kappa shape index (κ1) is 14.0. The number of likely N-dealkylation sites (tertiary alicyclic amines) is 1. The zero-order valence-corrected chi connectivity index (χ0v) is 11.6. The van der Waals surface area contributed by atoms with Crippen LogP contribution in [0.3, 0.4) is 0 Å². The number of rotatable bonds is 4. The third-order valence-corrected chi connectivity index (χ3v) is 4.53. The zero-order chi connectivity index (χ0) is 14.0. The minimum absolute atomic E-state index is 0.287. The summed E-state index contributed by atoms with van der Waals surface area (Å²) in [5, 5.41) is 11.8. The maximum Gasteiger partial charge on any atom is 0.329 e. The molecule has 0 aliphatic carbocycles. The molecule has 1 aliphatic rings. The summed E-state index contributed by atoms with van der Waals surface area (Å²) in [4.78, 5) is 29.5.